The van der Waals surface area contributed by atoms with E-state index in [0.29, 0.717) is 12.0 Å². The topological polar surface area (TPSA) is 52.9 Å². The Morgan fingerprint density at radius 1 is 1.31 bits per heavy atom. The predicted molar refractivity (Wildman–Crippen MR) is 63.9 cm³/mol. The molecule has 1 aromatic carbocycles. The Morgan fingerprint density at radius 3 is 2.31 bits per heavy atom. The van der Waals surface area contributed by atoms with Crippen LogP contribution < -0.4 is 5.32 Å². The van der Waals surface area contributed by atoms with Crippen molar-refractivity contribution in [1.29, 1.82) is 5.26 Å². The average Bonchev–Trinajstić information content (AvgIpc) is 2.16. The summed E-state index contributed by atoms with van der Waals surface area (Å²) in [6.45, 7) is 6.06. The fraction of sp³-hybridized carbons (Fsp3) is 0.385. The molecule has 1 N–H and O–H groups in total. The third-order valence-electron chi connectivity index (χ3n) is 1.99. The molecule has 0 fully saturated rings. The SMILES string of the molecule is CC(C)(C)CC(=O)Nc1ccc(C#N)cc1. The summed E-state index contributed by atoms with van der Waals surface area (Å²) in [5.41, 5.74) is 1.30. The molecule has 1 rings (SSSR count). The molecular formula is C13H16N2O. The summed E-state index contributed by atoms with van der Waals surface area (Å²) in [6, 6.07) is 8.88. The number of nitrogens with zero attached hydrogens (tertiary/aromatic N) is 1. The van der Waals surface area contributed by atoms with Gasteiger partial charge in [-0.1, -0.05) is 20.8 Å². The number of amides is 1. The van der Waals surface area contributed by atoms with Crippen LogP contribution in [-0.2, 0) is 4.79 Å². The number of hydrogen-bond acceptors (Lipinski definition) is 2. The van der Waals surface area contributed by atoms with Crippen LogP contribution in [0.5, 0.6) is 0 Å². The third kappa shape index (κ3) is 4.14. The highest BCUT2D eigenvalue weighted by Gasteiger charge is 2.15. The lowest BCUT2D eigenvalue weighted by atomic mass is 9.92. The number of carbonyl (C=O) groups excluding carboxylic acids is 1. The van der Waals surface area contributed by atoms with Crippen molar-refractivity contribution < 1.29 is 4.79 Å². The molecule has 1 amide bonds. The monoisotopic (exact) mass is 216 g/mol. The highest BCUT2D eigenvalue weighted by Crippen LogP contribution is 2.19. The van der Waals surface area contributed by atoms with Gasteiger partial charge >= 0.3 is 0 Å². The molecule has 0 heterocycles. The zero-order chi connectivity index (χ0) is 12.2. The molecule has 0 saturated heterocycles. The van der Waals surface area contributed by atoms with Crippen molar-refractivity contribution in [3.63, 3.8) is 0 Å². The maximum atomic E-state index is 11.6. The van der Waals surface area contributed by atoms with Gasteiger partial charge in [0, 0.05) is 12.1 Å². The van der Waals surface area contributed by atoms with E-state index in [1.807, 2.05) is 26.8 Å². The summed E-state index contributed by atoms with van der Waals surface area (Å²) < 4.78 is 0. The lowest BCUT2D eigenvalue weighted by molar-refractivity contribution is -0.117. The van der Waals surface area contributed by atoms with Crippen LogP contribution in [-0.4, -0.2) is 5.91 Å². The van der Waals surface area contributed by atoms with Gasteiger partial charge in [-0.05, 0) is 29.7 Å². The van der Waals surface area contributed by atoms with Crippen LogP contribution in [0.2, 0.25) is 0 Å². The van der Waals surface area contributed by atoms with Gasteiger partial charge in [-0.25, -0.2) is 0 Å². The van der Waals surface area contributed by atoms with E-state index in [4.69, 9.17) is 5.26 Å². The van der Waals surface area contributed by atoms with Gasteiger partial charge < -0.3 is 5.32 Å². The molecule has 84 valence electrons. The van der Waals surface area contributed by atoms with Crippen LogP contribution in [0.15, 0.2) is 24.3 Å². The van der Waals surface area contributed by atoms with Crippen LogP contribution in [0.1, 0.15) is 32.8 Å². The summed E-state index contributed by atoms with van der Waals surface area (Å²) in [6.07, 6.45) is 0.479. The van der Waals surface area contributed by atoms with E-state index in [1.165, 1.54) is 0 Å². The van der Waals surface area contributed by atoms with Gasteiger partial charge in [0.25, 0.3) is 0 Å². The highest BCUT2D eigenvalue weighted by molar-refractivity contribution is 5.91. The minimum atomic E-state index is -0.0172. The van der Waals surface area contributed by atoms with E-state index in [2.05, 4.69) is 5.32 Å². The van der Waals surface area contributed by atoms with Crippen LogP contribution >= 0.6 is 0 Å². The molecule has 0 atom stereocenters. The van der Waals surface area contributed by atoms with Crippen LogP contribution in [0, 0.1) is 16.7 Å². The molecule has 3 heteroatoms. The van der Waals surface area contributed by atoms with Crippen molar-refractivity contribution in [2.75, 3.05) is 5.32 Å². The standard InChI is InChI=1S/C13H16N2O/c1-13(2,3)8-12(16)15-11-6-4-10(9-14)5-7-11/h4-7H,8H2,1-3H3,(H,15,16). The summed E-state index contributed by atoms with van der Waals surface area (Å²) in [5, 5.41) is 11.4. The summed E-state index contributed by atoms with van der Waals surface area (Å²) in [7, 11) is 0. The highest BCUT2D eigenvalue weighted by atomic mass is 16.1. The Kier molecular flexibility index (Phi) is 3.68. The maximum Gasteiger partial charge on any atom is 0.224 e. The van der Waals surface area contributed by atoms with Gasteiger partial charge in [-0.3, -0.25) is 4.79 Å². The van der Waals surface area contributed by atoms with Crippen molar-refractivity contribution in [2.24, 2.45) is 5.41 Å². The van der Waals surface area contributed by atoms with Gasteiger partial charge in [-0.2, -0.15) is 5.26 Å². The quantitative estimate of drug-likeness (QED) is 0.826. The van der Waals surface area contributed by atoms with Crippen molar-refractivity contribution in [3.05, 3.63) is 29.8 Å². The van der Waals surface area contributed by atoms with E-state index in [9.17, 15) is 4.79 Å². The first-order valence-corrected chi connectivity index (χ1v) is 5.21. The maximum absolute atomic E-state index is 11.6. The molecule has 0 unspecified atom stereocenters. The number of hydrogen-bond donors (Lipinski definition) is 1. The Hall–Kier alpha value is -1.82. The zero-order valence-corrected chi connectivity index (χ0v) is 9.87. The molecule has 3 nitrogen and oxygen atoms in total. The van der Waals surface area contributed by atoms with E-state index < -0.39 is 0 Å². The molecule has 0 aromatic heterocycles. The van der Waals surface area contributed by atoms with Crippen molar-refractivity contribution in [3.8, 4) is 6.07 Å². The third-order valence-corrected chi connectivity index (χ3v) is 1.99. The summed E-state index contributed by atoms with van der Waals surface area (Å²) >= 11 is 0. The van der Waals surface area contributed by atoms with Crippen LogP contribution in [0.25, 0.3) is 0 Å². The van der Waals surface area contributed by atoms with Crippen molar-refractivity contribution in [1.82, 2.24) is 0 Å². The fourth-order valence-corrected chi connectivity index (χ4v) is 1.31. The van der Waals surface area contributed by atoms with Gasteiger partial charge in [0.2, 0.25) is 5.91 Å². The lowest BCUT2D eigenvalue weighted by Gasteiger charge is -2.17. The number of nitriles is 1. The van der Waals surface area contributed by atoms with E-state index in [0.717, 1.165) is 5.69 Å². The van der Waals surface area contributed by atoms with Gasteiger partial charge in [0.05, 0.1) is 11.6 Å². The Balaban J connectivity index is 2.61. The first-order valence-electron chi connectivity index (χ1n) is 5.21. The molecule has 0 saturated carbocycles. The number of benzene rings is 1. The largest absolute Gasteiger partial charge is 0.326 e. The molecule has 0 bridgehead atoms. The van der Waals surface area contributed by atoms with Crippen molar-refractivity contribution in [2.45, 2.75) is 27.2 Å². The first-order chi connectivity index (χ1) is 7.40. The van der Waals surface area contributed by atoms with E-state index in [1.54, 1.807) is 24.3 Å². The van der Waals surface area contributed by atoms with Crippen LogP contribution in [0.3, 0.4) is 0 Å². The normalized spacial score (nSPS) is 10.6. The minimum absolute atomic E-state index is 0.00259. The molecular weight excluding hydrogens is 200 g/mol. The Labute approximate surface area is 96.1 Å². The first kappa shape index (κ1) is 12.3. The van der Waals surface area contributed by atoms with Gasteiger partial charge in [0.1, 0.15) is 0 Å². The predicted octanol–water partition coefficient (Wildman–Crippen LogP) is 2.93. The Bertz CT molecular complexity index is 407. The van der Waals surface area contributed by atoms with Crippen LogP contribution in [0.4, 0.5) is 5.69 Å². The fourth-order valence-electron chi connectivity index (χ4n) is 1.31. The van der Waals surface area contributed by atoms with Gasteiger partial charge in [-0.15, -0.1) is 0 Å². The summed E-state index contributed by atoms with van der Waals surface area (Å²) in [4.78, 5) is 11.6. The Morgan fingerprint density at radius 2 is 1.88 bits per heavy atom. The average molecular weight is 216 g/mol. The van der Waals surface area contributed by atoms with E-state index >= 15 is 0 Å². The second-order valence-corrected chi connectivity index (χ2v) is 4.97. The number of carbonyl (C=O) groups is 1. The van der Waals surface area contributed by atoms with Gasteiger partial charge in [0.15, 0.2) is 0 Å². The second kappa shape index (κ2) is 4.80. The lowest BCUT2D eigenvalue weighted by Crippen LogP contribution is -2.19. The number of rotatable bonds is 2. The number of nitrogens with one attached hydrogen (secondary N) is 1. The molecule has 1 aromatic rings. The summed E-state index contributed by atoms with van der Waals surface area (Å²) in [5.74, 6) is -0.00259. The van der Waals surface area contributed by atoms with Crippen molar-refractivity contribution >= 4 is 11.6 Å². The molecule has 0 radical (unpaired) electrons. The molecule has 0 aliphatic heterocycles. The molecule has 0 aliphatic carbocycles. The zero-order valence-electron chi connectivity index (χ0n) is 9.87. The molecule has 0 spiro atoms. The minimum Gasteiger partial charge on any atom is -0.326 e. The van der Waals surface area contributed by atoms with E-state index in [-0.39, 0.29) is 11.3 Å². The molecule has 16 heavy (non-hydrogen) atoms. The second-order valence-electron chi connectivity index (χ2n) is 4.97. The number of anilines is 1. The molecule has 0 aliphatic rings. The smallest absolute Gasteiger partial charge is 0.224 e.